The first kappa shape index (κ1) is 7.64. The van der Waals surface area contributed by atoms with E-state index in [-0.39, 0.29) is 11.7 Å². The molecule has 11 heavy (non-hydrogen) atoms. The van der Waals surface area contributed by atoms with Gasteiger partial charge in [0.05, 0.1) is 0 Å². The van der Waals surface area contributed by atoms with Crippen LogP contribution in [0, 0.1) is 16.7 Å². The summed E-state index contributed by atoms with van der Waals surface area (Å²) in [5, 5.41) is 21.6. The maximum absolute atomic E-state index is 7.11. The fourth-order valence-electron chi connectivity index (χ4n) is 0.951. The Balaban J connectivity index is 2.77. The van der Waals surface area contributed by atoms with E-state index >= 15 is 0 Å². The second-order valence-electron chi connectivity index (χ2n) is 2.64. The molecule has 0 saturated heterocycles. The van der Waals surface area contributed by atoms with Gasteiger partial charge >= 0.3 is 0 Å². The summed E-state index contributed by atoms with van der Waals surface area (Å²) < 4.78 is 0. The summed E-state index contributed by atoms with van der Waals surface area (Å²) in [7, 11) is 0. The molecule has 0 atom stereocenters. The standard InChI is InChI=1S/C5H10N6/c1-5(10-11-5)2(3(6)7)4(8)9/h2H,1H3,(H3,6,7)(H3,8,9). The van der Waals surface area contributed by atoms with E-state index in [9.17, 15) is 0 Å². The van der Waals surface area contributed by atoms with E-state index in [1.807, 2.05) is 0 Å². The first-order chi connectivity index (χ1) is 4.97. The molecule has 6 N–H and O–H groups in total. The van der Waals surface area contributed by atoms with Crippen LogP contribution < -0.4 is 11.5 Å². The zero-order valence-electron chi connectivity index (χ0n) is 6.13. The molecule has 1 rings (SSSR count). The van der Waals surface area contributed by atoms with Crippen LogP contribution in [0.2, 0.25) is 0 Å². The van der Waals surface area contributed by atoms with E-state index in [2.05, 4.69) is 10.2 Å². The molecule has 0 aromatic carbocycles. The van der Waals surface area contributed by atoms with Gasteiger partial charge in [0.25, 0.3) is 0 Å². The number of hydrogen-bond acceptors (Lipinski definition) is 4. The van der Waals surface area contributed by atoms with Gasteiger partial charge in [-0.3, -0.25) is 10.8 Å². The predicted octanol–water partition coefficient (Wildman–Crippen LogP) is -0.343. The van der Waals surface area contributed by atoms with Crippen molar-refractivity contribution >= 4 is 11.7 Å². The number of nitrogens with two attached hydrogens (primary N) is 2. The smallest absolute Gasteiger partial charge is 0.204 e. The second-order valence-corrected chi connectivity index (χ2v) is 2.64. The van der Waals surface area contributed by atoms with Crippen LogP contribution in [0.5, 0.6) is 0 Å². The molecule has 6 nitrogen and oxygen atoms in total. The monoisotopic (exact) mass is 154 g/mol. The lowest BCUT2D eigenvalue weighted by atomic mass is 9.96. The summed E-state index contributed by atoms with van der Waals surface area (Å²) >= 11 is 0. The lowest BCUT2D eigenvalue weighted by Crippen LogP contribution is -2.43. The molecular formula is C5H10N6. The average molecular weight is 154 g/mol. The molecule has 0 amide bonds. The summed E-state index contributed by atoms with van der Waals surface area (Å²) in [5.74, 6) is -0.988. The fraction of sp³-hybridized carbons (Fsp3) is 0.600. The molecule has 0 aromatic rings. The van der Waals surface area contributed by atoms with Crippen LogP contribution in [-0.2, 0) is 0 Å². The summed E-state index contributed by atoms with van der Waals surface area (Å²) in [6.07, 6.45) is 0. The molecule has 0 bridgehead atoms. The number of nitrogens with one attached hydrogen (secondary N) is 2. The minimum Gasteiger partial charge on any atom is -0.387 e. The first-order valence-corrected chi connectivity index (χ1v) is 3.09. The van der Waals surface area contributed by atoms with Crippen molar-refractivity contribution in [3.8, 4) is 0 Å². The van der Waals surface area contributed by atoms with Gasteiger partial charge in [-0.25, -0.2) is 0 Å². The lowest BCUT2D eigenvalue weighted by molar-refractivity contribution is 0.606. The Morgan fingerprint density at radius 1 is 1.27 bits per heavy atom. The van der Waals surface area contributed by atoms with Crippen LogP contribution in [0.4, 0.5) is 0 Å². The van der Waals surface area contributed by atoms with Crippen LogP contribution in [-0.4, -0.2) is 17.3 Å². The summed E-state index contributed by atoms with van der Waals surface area (Å²) in [6.45, 7) is 1.68. The van der Waals surface area contributed by atoms with E-state index in [1.165, 1.54) is 0 Å². The minimum absolute atomic E-state index is 0.162. The summed E-state index contributed by atoms with van der Waals surface area (Å²) in [5.41, 5.74) is 9.67. The van der Waals surface area contributed by atoms with Crippen molar-refractivity contribution in [1.82, 2.24) is 0 Å². The van der Waals surface area contributed by atoms with Crippen LogP contribution in [0.15, 0.2) is 10.2 Å². The van der Waals surface area contributed by atoms with E-state index in [0.717, 1.165) is 0 Å². The van der Waals surface area contributed by atoms with Gasteiger partial charge in [0.2, 0.25) is 5.66 Å². The van der Waals surface area contributed by atoms with E-state index in [0.29, 0.717) is 0 Å². The van der Waals surface area contributed by atoms with E-state index < -0.39 is 11.6 Å². The molecule has 0 aromatic heterocycles. The second kappa shape index (κ2) is 2.01. The Kier molecular flexibility index (Phi) is 1.40. The molecule has 1 heterocycles. The van der Waals surface area contributed by atoms with Crippen molar-refractivity contribution < 1.29 is 0 Å². The first-order valence-electron chi connectivity index (χ1n) is 3.09. The number of amidine groups is 2. The highest BCUT2D eigenvalue weighted by Gasteiger charge is 2.46. The molecule has 0 radical (unpaired) electrons. The molecule has 6 heteroatoms. The Labute approximate surface area is 63.7 Å². The van der Waals surface area contributed by atoms with Gasteiger partial charge in [0.1, 0.15) is 17.6 Å². The van der Waals surface area contributed by atoms with Gasteiger partial charge in [-0.2, -0.15) is 10.2 Å². The highest BCUT2D eigenvalue weighted by molar-refractivity contribution is 6.03. The molecule has 0 saturated carbocycles. The van der Waals surface area contributed by atoms with Crippen LogP contribution >= 0.6 is 0 Å². The van der Waals surface area contributed by atoms with Gasteiger partial charge < -0.3 is 11.5 Å². The molecule has 60 valence electrons. The van der Waals surface area contributed by atoms with Crippen LogP contribution in [0.25, 0.3) is 0 Å². The molecule has 0 unspecified atom stereocenters. The maximum atomic E-state index is 7.11. The number of rotatable bonds is 3. The SMILES string of the molecule is CC1(C(C(=N)N)C(=N)N)N=N1. The Morgan fingerprint density at radius 3 is 1.73 bits per heavy atom. The van der Waals surface area contributed by atoms with Gasteiger partial charge in [0, 0.05) is 0 Å². The predicted molar refractivity (Wildman–Crippen MR) is 40.6 cm³/mol. The third-order valence-electron chi connectivity index (χ3n) is 1.58. The molecule has 1 aliphatic heterocycles. The van der Waals surface area contributed by atoms with Gasteiger partial charge in [-0.15, -0.1) is 0 Å². The van der Waals surface area contributed by atoms with Crippen LogP contribution in [0.1, 0.15) is 6.92 Å². The van der Waals surface area contributed by atoms with Crippen molar-refractivity contribution in [2.24, 2.45) is 27.6 Å². The Bertz CT molecular complexity index is 221. The number of nitrogens with zero attached hydrogens (tertiary/aromatic N) is 2. The van der Waals surface area contributed by atoms with Crippen molar-refractivity contribution in [2.75, 3.05) is 0 Å². The number of hydrogen-bond donors (Lipinski definition) is 4. The van der Waals surface area contributed by atoms with Crippen molar-refractivity contribution in [3.63, 3.8) is 0 Å². The van der Waals surface area contributed by atoms with Crippen molar-refractivity contribution in [1.29, 1.82) is 10.8 Å². The van der Waals surface area contributed by atoms with Crippen molar-refractivity contribution in [2.45, 2.75) is 12.6 Å². The average Bonchev–Trinajstić information content (AvgIpc) is 2.44. The Hall–Kier alpha value is -1.46. The van der Waals surface area contributed by atoms with Crippen molar-refractivity contribution in [3.05, 3.63) is 0 Å². The van der Waals surface area contributed by atoms with Crippen LogP contribution in [0.3, 0.4) is 0 Å². The topological polar surface area (TPSA) is 124 Å². The zero-order chi connectivity index (χ0) is 8.65. The third-order valence-corrected chi connectivity index (χ3v) is 1.58. The Morgan fingerprint density at radius 2 is 1.64 bits per heavy atom. The van der Waals surface area contributed by atoms with E-state index in [4.69, 9.17) is 22.3 Å². The third kappa shape index (κ3) is 1.19. The maximum Gasteiger partial charge on any atom is 0.204 e. The molecule has 0 fully saturated rings. The lowest BCUT2D eigenvalue weighted by Gasteiger charge is -2.15. The molecule has 0 spiro atoms. The van der Waals surface area contributed by atoms with Gasteiger partial charge in [-0.1, -0.05) is 0 Å². The molecular weight excluding hydrogens is 144 g/mol. The molecule has 1 aliphatic rings. The van der Waals surface area contributed by atoms with Gasteiger partial charge in [0.15, 0.2) is 0 Å². The largest absolute Gasteiger partial charge is 0.387 e. The summed E-state index contributed by atoms with van der Waals surface area (Å²) in [4.78, 5) is 0. The summed E-state index contributed by atoms with van der Waals surface area (Å²) in [6, 6.07) is 0. The quantitative estimate of drug-likeness (QED) is 0.328. The fourth-order valence-corrected chi connectivity index (χ4v) is 0.951. The van der Waals surface area contributed by atoms with Gasteiger partial charge in [-0.05, 0) is 6.92 Å². The van der Waals surface area contributed by atoms with E-state index in [1.54, 1.807) is 6.92 Å². The highest BCUT2D eigenvalue weighted by Crippen LogP contribution is 2.35. The zero-order valence-corrected chi connectivity index (χ0v) is 6.13. The normalized spacial score (nSPS) is 20.8. The highest BCUT2D eigenvalue weighted by atomic mass is 15.4. The minimum atomic E-state index is -0.738. The molecule has 0 aliphatic carbocycles.